The Bertz CT molecular complexity index is 666. The highest BCUT2D eigenvalue weighted by molar-refractivity contribution is 5.95. The Balaban J connectivity index is 1.87. The van der Waals surface area contributed by atoms with E-state index in [-0.39, 0.29) is 12.5 Å². The van der Waals surface area contributed by atoms with E-state index < -0.39 is 5.97 Å². The number of anilines is 2. The van der Waals surface area contributed by atoms with Crippen molar-refractivity contribution in [2.45, 2.75) is 13.3 Å². The van der Waals surface area contributed by atoms with Crippen LogP contribution in [0, 0.1) is 0 Å². The van der Waals surface area contributed by atoms with E-state index in [1.165, 1.54) is 0 Å². The van der Waals surface area contributed by atoms with Crippen molar-refractivity contribution < 1.29 is 14.3 Å². The number of nitrogens with two attached hydrogens (primary N) is 1. The molecule has 0 radical (unpaired) electrons. The van der Waals surface area contributed by atoms with Crippen LogP contribution in [0.4, 0.5) is 11.4 Å². The van der Waals surface area contributed by atoms with Crippen molar-refractivity contribution in [3.05, 3.63) is 59.7 Å². The zero-order valence-electron chi connectivity index (χ0n) is 12.3. The highest BCUT2D eigenvalue weighted by Gasteiger charge is 2.10. The minimum absolute atomic E-state index is 0.334. The summed E-state index contributed by atoms with van der Waals surface area (Å²) in [5, 5.41) is 2.70. The molecule has 2 aromatic rings. The van der Waals surface area contributed by atoms with E-state index in [4.69, 9.17) is 10.5 Å². The maximum Gasteiger partial charge on any atom is 0.338 e. The number of amides is 1. The molecule has 0 fully saturated rings. The number of esters is 1. The van der Waals surface area contributed by atoms with Crippen molar-refractivity contribution in [1.82, 2.24) is 0 Å². The van der Waals surface area contributed by atoms with Gasteiger partial charge in [-0.05, 0) is 48.4 Å². The molecule has 2 aromatic carbocycles. The van der Waals surface area contributed by atoms with E-state index in [1.54, 1.807) is 30.3 Å². The molecule has 0 saturated heterocycles. The first-order valence-corrected chi connectivity index (χ1v) is 7.00. The van der Waals surface area contributed by atoms with Gasteiger partial charge in [-0.1, -0.05) is 19.1 Å². The second kappa shape index (κ2) is 7.26. The van der Waals surface area contributed by atoms with E-state index >= 15 is 0 Å². The van der Waals surface area contributed by atoms with Crippen molar-refractivity contribution in [2.24, 2.45) is 0 Å². The fourth-order valence-corrected chi connectivity index (χ4v) is 1.90. The summed E-state index contributed by atoms with van der Waals surface area (Å²) >= 11 is 0. The Kier molecular flexibility index (Phi) is 5.14. The third-order valence-electron chi connectivity index (χ3n) is 3.10. The van der Waals surface area contributed by atoms with Crippen LogP contribution in [0.1, 0.15) is 22.8 Å². The quantitative estimate of drug-likeness (QED) is 0.656. The lowest BCUT2D eigenvalue weighted by Gasteiger charge is -2.08. The first-order valence-electron chi connectivity index (χ1n) is 7.00. The maximum atomic E-state index is 11.8. The van der Waals surface area contributed by atoms with Gasteiger partial charge in [0.15, 0.2) is 6.61 Å². The number of nitrogen functional groups attached to an aromatic ring is 1. The first-order chi connectivity index (χ1) is 10.6. The van der Waals surface area contributed by atoms with E-state index in [0.717, 1.165) is 12.0 Å². The number of hydrogen-bond donors (Lipinski definition) is 2. The van der Waals surface area contributed by atoms with Crippen LogP contribution in [-0.2, 0) is 16.0 Å². The number of ether oxygens (including phenoxy) is 1. The number of carbonyl (C=O) groups is 2. The van der Waals surface area contributed by atoms with Gasteiger partial charge in [0.1, 0.15) is 0 Å². The largest absolute Gasteiger partial charge is 0.452 e. The highest BCUT2D eigenvalue weighted by Crippen LogP contribution is 2.11. The average Bonchev–Trinajstić information content (AvgIpc) is 2.53. The number of benzene rings is 2. The standard InChI is InChI=1S/C17H18N2O3/c1-2-12-4-3-5-15(10-12)19-16(20)11-22-17(21)13-6-8-14(18)9-7-13/h3-10H,2,11,18H2,1H3,(H,19,20). The van der Waals surface area contributed by atoms with Crippen LogP contribution in [0.2, 0.25) is 0 Å². The molecular formula is C17H18N2O3. The molecule has 0 aliphatic carbocycles. The summed E-state index contributed by atoms with van der Waals surface area (Å²) in [5.41, 5.74) is 8.27. The second-order valence-corrected chi connectivity index (χ2v) is 4.80. The summed E-state index contributed by atoms with van der Waals surface area (Å²) < 4.78 is 4.97. The third kappa shape index (κ3) is 4.34. The molecule has 0 saturated carbocycles. The van der Waals surface area contributed by atoms with Gasteiger partial charge in [-0.3, -0.25) is 4.79 Å². The molecule has 0 bridgehead atoms. The molecule has 2 rings (SSSR count). The van der Waals surface area contributed by atoms with Gasteiger partial charge in [-0.2, -0.15) is 0 Å². The van der Waals surface area contributed by atoms with Crippen molar-refractivity contribution in [1.29, 1.82) is 0 Å². The zero-order valence-corrected chi connectivity index (χ0v) is 12.3. The summed E-state index contributed by atoms with van der Waals surface area (Å²) in [6.45, 7) is 1.70. The Hall–Kier alpha value is -2.82. The normalized spacial score (nSPS) is 10.0. The van der Waals surface area contributed by atoms with Crippen LogP contribution in [0.5, 0.6) is 0 Å². The number of aryl methyl sites for hydroxylation is 1. The lowest BCUT2D eigenvalue weighted by molar-refractivity contribution is -0.119. The predicted octanol–water partition coefficient (Wildman–Crippen LogP) is 2.63. The molecule has 0 atom stereocenters. The van der Waals surface area contributed by atoms with E-state index in [2.05, 4.69) is 5.32 Å². The van der Waals surface area contributed by atoms with Gasteiger partial charge in [0.2, 0.25) is 0 Å². The average molecular weight is 298 g/mol. The number of rotatable bonds is 5. The molecular weight excluding hydrogens is 280 g/mol. The van der Waals surface area contributed by atoms with Crippen LogP contribution in [0.15, 0.2) is 48.5 Å². The molecule has 5 nitrogen and oxygen atoms in total. The van der Waals surface area contributed by atoms with Crippen LogP contribution < -0.4 is 11.1 Å². The van der Waals surface area contributed by atoms with Gasteiger partial charge < -0.3 is 15.8 Å². The van der Waals surface area contributed by atoms with Crippen LogP contribution in [0.25, 0.3) is 0 Å². The number of carbonyl (C=O) groups excluding carboxylic acids is 2. The van der Waals surface area contributed by atoms with Gasteiger partial charge in [0, 0.05) is 11.4 Å². The SMILES string of the molecule is CCc1cccc(NC(=O)COC(=O)c2ccc(N)cc2)c1. The van der Waals surface area contributed by atoms with Crippen molar-refractivity contribution in [3.63, 3.8) is 0 Å². The molecule has 3 N–H and O–H groups in total. The number of nitrogens with one attached hydrogen (secondary N) is 1. The molecule has 0 aliphatic heterocycles. The monoisotopic (exact) mass is 298 g/mol. The van der Waals surface area contributed by atoms with Crippen molar-refractivity contribution >= 4 is 23.3 Å². The Labute approximate surface area is 129 Å². The minimum atomic E-state index is -0.558. The molecule has 114 valence electrons. The first kappa shape index (κ1) is 15.6. The summed E-state index contributed by atoms with van der Waals surface area (Å²) in [6.07, 6.45) is 0.885. The lowest BCUT2D eigenvalue weighted by Crippen LogP contribution is -2.21. The summed E-state index contributed by atoms with van der Waals surface area (Å²) in [7, 11) is 0. The van der Waals surface area contributed by atoms with Crippen LogP contribution >= 0.6 is 0 Å². The van der Waals surface area contributed by atoms with Crippen LogP contribution in [-0.4, -0.2) is 18.5 Å². The Morgan fingerprint density at radius 3 is 2.55 bits per heavy atom. The van der Waals surface area contributed by atoms with E-state index in [0.29, 0.717) is 16.9 Å². The minimum Gasteiger partial charge on any atom is -0.452 e. The fraction of sp³-hybridized carbons (Fsp3) is 0.176. The smallest absolute Gasteiger partial charge is 0.338 e. The van der Waals surface area contributed by atoms with Crippen molar-refractivity contribution in [3.8, 4) is 0 Å². The molecule has 0 spiro atoms. The zero-order chi connectivity index (χ0) is 15.9. The van der Waals surface area contributed by atoms with Gasteiger partial charge in [0.25, 0.3) is 5.91 Å². The Morgan fingerprint density at radius 1 is 1.14 bits per heavy atom. The lowest BCUT2D eigenvalue weighted by atomic mass is 10.1. The molecule has 0 unspecified atom stereocenters. The van der Waals surface area contributed by atoms with Crippen molar-refractivity contribution in [2.75, 3.05) is 17.7 Å². The summed E-state index contributed by atoms with van der Waals surface area (Å²) in [5.74, 6) is -0.936. The molecule has 1 amide bonds. The van der Waals surface area contributed by atoms with Gasteiger partial charge in [-0.15, -0.1) is 0 Å². The maximum absolute atomic E-state index is 11.8. The van der Waals surface area contributed by atoms with E-state index in [9.17, 15) is 9.59 Å². The topological polar surface area (TPSA) is 81.4 Å². The summed E-state index contributed by atoms with van der Waals surface area (Å²) in [4.78, 5) is 23.6. The van der Waals surface area contributed by atoms with Gasteiger partial charge in [0.05, 0.1) is 5.56 Å². The van der Waals surface area contributed by atoms with E-state index in [1.807, 2.05) is 25.1 Å². The predicted molar refractivity (Wildman–Crippen MR) is 85.6 cm³/mol. The summed E-state index contributed by atoms with van der Waals surface area (Å²) in [6, 6.07) is 13.9. The molecule has 5 heteroatoms. The third-order valence-corrected chi connectivity index (χ3v) is 3.10. The molecule has 0 aliphatic rings. The molecule has 22 heavy (non-hydrogen) atoms. The Morgan fingerprint density at radius 2 is 1.86 bits per heavy atom. The van der Waals surface area contributed by atoms with Gasteiger partial charge >= 0.3 is 5.97 Å². The fourth-order valence-electron chi connectivity index (χ4n) is 1.90. The molecule has 0 heterocycles. The molecule has 0 aromatic heterocycles. The number of hydrogen-bond acceptors (Lipinski definition) is 4. The second-order valence-electron chi connectivity index (χ2n) is 4.80. The highest BCUT2D eigenvalue weighted by atomic mass is 16.5. The van der Waals surface area contributed by atoms with Gasteiger partial charge in [-0.25, -0.2) is 4.79 Å². The van der Waals surface area contributed by atoms with Crippen LogP contribution in [0.3, 0.4) is 0 Å².